The van der Waals surface area contributed by atoms with Crippen molar-refractivity contribution in [3.05, 3.63) is 23.9 Å². The van der Waals surface area contributed by atoms with Crippen LogP contribution in [-0.2, 0) is 11.0 Å². The van der Waals surface area contributed by atoms with Crippen LogP contribution in [0.5, 0.6) is 0 Å². The Morgan fingerprint density at radius 2 is 2.10 bits per heavy atom. The SMILES string of the molecule is N#CCCCCCC(=O)Nc1cc(C(F)(F)F)ccn1. The molecule has 0 saturated heterocycles. The van der Waals surface area contributed by atoms with Gasteiger partial charge in [-0.2, -0.15) is 18.4 Å². The molecule has 0 spiro atoms. The minimum atomic E-state index is -4.46. The van der Waals surface area contributed by atoms with Crippen molar-refractivity contribution in [2.45, 2.75) is 38.3 Å². The zero-order valence-electron chi connectivity index (χ0n) is 10.7. The number of unbranched alkanes of at least 4 members (excludes halogenated alkanes) is 3. The Morgan fingerprint density at radius 3 is 2.75 bits per heavy atom. The van der Waals surface area contributed by atoms with E-state index in [1.165, 1.54) is 0 Å². The summed E-state index contributed by atoms with van der Waals surface area (Å²) in [6.45, 7) is 0. The van der Waals surface area contributed by atoms with Crippen LogP contribution in [0.15, 0.2) is 18.3 Å². The Hall–Kier alpha value is -2.10. The van der Waals surface area contributed by atoms with Gasteiger partial charge in [-0.15, -0.1) is 0 Å². The van der Waals surface area contributed by atoms with Crippen molar-refractivity contribution in [3.8, 4) is 6.07 Å². The van der Waals surface area contributed by atoms with Crippen LogP contribution in [0.2, 0.25) is 0 Å². The standard InChI is InChI=1S/C13H14F3N3O/c14-13(15,16)10-6-8-18-11(9-10)19-12(20)5-3-1-2-4-7-17/h6,8-9H,1-5H2,(H,18,19,20). The number of pyridine rings is 1. The third kappa shape index (κ3) is 5.69. The summed E-state index contributed by atoms with van der Waals surface area (Å²) in [5.41, 5.74) is -0.850. The van der Waals surface area contributed by atoms with Gasteiger partial charge in [-0.25, -0.2) is 4.98 Å². The van der Waals surface area contributed by atoms with Gasteiger partial charge in [-0.3, -0.25) is 4.79 Å². The number of amides is 1. The predicted octanol–water partition coefficient (Wildman–Crippen LogP) is 3.51. The van der Waals surface area contributed by atoms with Gasteiger partial charge in [0, 0.05) is 19.0 Å². The number of nitrogens with zero attached hydrogens (tertiary/aromatic N) is 2. The summed E-state index contributed by atoms with van der Waals surface area (Å²) in [5, 5.41) is 10.7. The van der Waals surface area contributed by atoms with Crippen molar-refractivity contribution in [2.24, 2.45) is 0 Å². The van der Waals surface area contributed by atoms with Crippen LogP contribution in [0.3, 0.4) is 0 Å². The number of carbonyl (C=O) groups excluding carboxylic acids is 1. The van der Waals surface area contributed by atoms with Crippen LogP contribution in [0, 0.1) is 11.3 Å². The zero-order valence-corrected chi connectivity index (χ0v) is 10.7. The number of anilines is 1. The van der Waals surface area contributed by atoms with Crippen LogP contribution >= 0.6 is 0 Å². The molecule has 108 valence electrons. The number of nitrogens with one attached hydrogen (secondary N) is 1. The molecule has 1 aromatic heterocycles. The molecule has 0 aliphatic heterocycles. The molecule has 20 heavy (non-hydrogen) atoms. The molecule has 7 heteroatoms. The highest BCUT2D eigenvalue weighted by molar-refractivity contribution is 5.89. The van der Waals surface area contributed by atoms with Gasteiger partial charge >= 0.3 is 6.18 Å². The topological polar surface area (TPSA) is 65.8 Å². The third-order valence-corrected chi connectivity index (χ3v) is 2.55. The van der Waals surface area contributed by atoms with Gasteiger partial charge in [0.2, 0.25) is 5.91 Å². The summed E-state index contributed by atoms with van der Waals surface area (Å²) in [6.07, 6.45) is -0.777. The Kier molecular flexibility index (Phi) is 5.97. The molecule has 1 amide bonds. The molecule has 4 nitrogen and oxygen atoms in total. The molecule has 0 unspecified atom stereocenters. The second kappa shape index (κ2) is 7.48. The molecule has 1 N–H and O–H groups in total. The smallest absolute Gasteiger partial charge is 0.311 e. The van der Waals surface area contributed by atoms with Crippen LogP contribution < -0.4 is 5.32 Å². The van der Waals surface area contributed by atoms with E-state index >= 15 is 0 Å². The number of nitriles is 1. The van der Waals surface area contributed by atoms with Crippen LogP contribution in [0.1, 0.15) is 37.7 Å². The molecule has 0 atom stereocenters. The third-order valence-electron chi connectivity index (χ3n) is 2.55. The number of hydrogen-bond acceptors (Lipinski definition) is 3. The maximum Gasteiger partial charge on any atom is 0.416 e. The first-order valence-corrected chi connectivity index (χ1v) is 6.13. The van der Waals surface area contributed by atoms with Gasteiger partial charge in [0.1, 0.15) is 5.82 Å². The van der Waals surface area contributed by atoms with E-state index in [-0.39, 0.29) is 18.1 Å². The number of alkyl halides is 3. The van der Waals surface area contributed by atoms with E-state index in [4.69, 9.17) is 5.26 Å². The fourth-order valence-corrected chi connectivity index (χ4v) is 1.55. The first-order chi connectivity index (χ1) is 9.43. The minimum Gasteiger partial charge on any atom is -0.311 e. The second-order valence-electron chi connectivity index (χ2n) is 4.19. The maximum atomic E-state index is 12.5. The van der Waals surface area contributed by atoms with E-state index in [1.807, 2.05) is 6.07 Å². The van der Waals surface area contributed by atoms with E-state index < -0.39 is 11.7 Å². The number of hydrogen-bond donors (Lipinski definition) is 1. The van der Waals surface area contributed by atoms with Crippen LogP contribution in [0.25, 0.3) is 0 Å². The lowest BCUT2D eigenvalue weighted by Crippen LogP contribution is -2.13. The van der Waals surface area contributed by atoms with Gasteiger partial charge < -0.3 is 5.32 Å². The van der Waals surface area contributed by atoms with Gasteiger partial charge in [0.15, 0.2) is 0 Å². The summed E-state index contributed by atoms with van der Waals surface area (Å²) in [6, 6.07) is 3.64. The molecule has 0 aliphatic rings. The van der Waals surface area contributed by atoms with E-state index in [9.17, 15) is 18.0 Å². The summed E-state index contributed by atoms with van der Waals surface area (Å²) < 4.78 is 37.4. The minimum absolute atomic E-state index is 0.109. The molecule has 1 aromatic rings. The van der Waals surface area contributed by atoms with Gasteiger partial charge in [0.05, 0.1) is 11.6 Å². The van der Waals surface area contributed by atoms with Crippen molar-refractivity contribution in [1.82, 2.24) is 4.98 Å². The summed E-state index contributed by atoms with van der Waals surface area (Å²) in [4.78, 5) is 15.2. The molecule has 0 aromatic carbocycles. The van der Waals surface area contributed by atoms with Crippen LogP contribution in [0.4, 0.5) is 19.0 Å². The lowest BCUT2D eigenvalue weighted by atomic mass is 10.1. The van der Waals surface area contributed by atoms with Gasteiger partial charge in [0.25, 0.3) is 0 Å². The van der Waals surface area contributed by atoms with E-state index in [0.717, 1.165) is 24.8 Å². The Morgan fingerprint density at radius 1 is 1.35 bits per heavy atom. The Bertz CT molecular complexity index is 494. The lowest BCUT2D eigenvalue weighted by molar-refractivity contribution is -0.137. The molecule has 1 rings (SSSR count). The molecular formula is C13H14F3N3O. The molecule has 0 radical (unpaired) electrons. The highest BCUT2D eigenvalue weighted by Gasteiger charge is 2.30. The zero-order chi connectivity index (χ0) is 15.0. The quantitative estimate of drug-likeness (QED) is 0.813. The van der Waals surface area contributed by atoms with Gasteiger partial charge in [-0.1, -0.05) is 6.42 Å². The largest absolute Gasteiger partial charge is 0.416 e. The first-order valence-electron chi connectivity index (χ1n) is 6.13. The number of rotatable bonds is 6. The van der Waals surface area contributed by atoms with Gasteiger partial charge in [-0.05, 0) is 25.0 Å². The summed E-state index contributed by atoms with van der Waals surface area (Å²) in [7, 11) is 0. The average Bonchev–Trinajstić information content (AvgIpc) is 2.38. The highest BCUT2D eigenvalue weighted by Crippen LogP contribution is 2.29. The van der Waals surface area contributed by atoms with Crippen molar-refractivity contribution in [1.29, 1.82) is 5.26 Å². The monoisotopic (exact) mass is 285 g/mol. The summed E-state index contributed by atoms with van der Waals surface area (Å²) in [5.74, 6) is -0.490. The van der Waals surface area contributed by atoms with Crippen molar-refractivity contribution >= 4 is 11.7 Å². The molecule has 0 aliphatic carbocycles. The van der Waals surface area contributed by atoms with Crippen molar-refractivity contribution in [3.63, 3.8) is 0 Å². The Balaban J connectivity index is 2.44. The van der Waals surface area contributed by atoms with E-state index in [0.29, 0.717) is 19.3 Å². The normalized spacial score (nSPS) is 10.9. The molecule has 0 fully saturated rings. The predicted molar refractivity (Wildman–Crippen MR) is 66.6 cm³/mol. The van der Waals surface area contributed by atoms with E-state index in [2.05, 4.69) is 10.3 Å². The number of halogens is 3. The van der Waals surface area contributed by atoms with Crippen molar-refractivity contribution in [2.75, 3.05) is 5.32 Å². The first kappa shape index (κ1) is 16.0. The average molecular weight is 285 g/mol. The molecule has 1 heterocycles. The fraction of sp³-hybridized carbons (Fsp3) is 0.462. The van der Waals surface area contributed by atoms with Crippen LogP contribution in [-0.4, -0.2) is 10.9 Å². The molecule has 0 bridgehead atoms. The Labute approximate surface area is 114 Å². The summed E-state index contributed by atoms with van der Waals surface area (Å²) >= 11 is 0. The van der Waals surface area contributed by atoms with E-state index in [1.54, 1.807) is 0 Å². The number of carbonyl (C=O) groups is 1. The van der Waals surface area contributed by atoms with Crippen molar-refractivity contribution < 1.29 is 18.0 Å². The molecular weight excluding hydrogens is 271 g/mol. The second-order valence-corrected chi connectivity index (χ2v) is 4.19. The maximum absolute atomic E-state index is 12.5. The number of aromatic nitrogens is 1. The highest BCUT2D eigenvalue weighted by atomic mass is 19.4. The molecule has 0 saturated carbocycles. The lowest BCUT2D eigenvalue weighted by Gasteiger charge is -2.08. The fourth-order valence-electron chi connectivity index (χ4n) is 1.55.